The van der Waals surface area contributed by atoms with Crippen LogP contribution < -0.4 is 21.3 Å². The molecule has 0 fully saturated rings. The van der Waals surface area contributed by atoms with Crippen LogP contribution in [-0.4, -0.2) is 78.4 Å². The van der Waals surface area contributed by atoms with E-state index in [-0.39, 0.29) is 32.2 Å². The molecule has 1 unspecified atom stereocenters. The first kappa shape index (κ1) is 44.7. The van der Waals surface area contributed by atoms with Crippen LogP contribution in [0.4, 0.5) is 10.5 Å². The smallest absolute Gasteiger partial charge is 0.407 e. The van der Waals surface area contributed by atoms with Gasteiger partial charge in [0.05, 0.1) is 18.7 Å². The first-order valence-electron chi connectivity index (χ1n) is 17.1. The maximum absolute atomic E-state index is 12.8. The first-order chi connectivity index (χ1) is 23.0. The van der Waals surface area contributed by atoms with Crippen molar-refractivity contribution >= 4 is 41.3 Å². The number of hydrogen-bond acceptors (Lipinski definition) is 8. The van der Waals surface area contributed by atoms with E-state index in [9.17, 15) is 28.8 Å². The number of anilines is 1. The molecule has 0 aromatic heterocycles. The van der Waals surface area contributed by atoms with Gasteiger partial charge < -0.3 is 30.7 Å². The number of nitrogens with one attached hydrogen (secondary N) is 4. The SMILES string of the molecule is CC.CCC.CCCCNC(=O)OCc1ccc(NC(=O)C(C)NC(=O)CNC(=O)C(C)(C)CCOC(C)(C)CN2C(=O)C=CC2=O)cc1. The van der Waals surface area contributed by atoms with Crippen molar-refractivity contribution in [2.24, 2.45) is 5.41 Å². The Labute approximate surface area is 292 Å². The largest absolute Gasteiger partial charge is 0.445 e. The third-order valence-corrected chi connectivity index (χ3v) is 6.85. The zero-order valence-electron chi connectivity index (χ0n) is 31.1. The van der Waals surface area contributed by atoms with Crippen LogP contribution in [0.2, 0.25) is 0 Å². The van der Waals surface area contributed by atoms with E-state index in [0.29, 0.717) is 18.7 Å². The molecule has 1 aliphatic heterocycles. The van der Waals surface area contributed by atoms with Crippen molar-refractivity contribution in [3.63, 3.8) is 0 Å². The fourth-order valence-electron chi connectivity index (χ4n) is 3.97. The third kappa shape index (κ3) is 18.2. The predicted molar refractivity (Wildman–Crippen MR) is 190 cm³/mol. The molecule has 4 N–H and O–H groups in total. The summed E-state index contributed by atoms with van der Waals surface area (Å²) in [5, 5.41) is 10.5. The lowest BCUT2D eigenvalue weighted by molar-refractivity contribution is -0.142. The van der Waals surface area contributed by atoms with Crippen molar-refractivity contribution in [2.75, 3.05) is 31.6 Å². The van der Waals surface area contributed by atoms with Crippen molar-refractivity contribution in [3.05, 3.63) is 42.0 Å². The Balaban J connectivity index is 0.00000435. The molecule has 13 nitrogen and oxygen atoms in total. The van der Waals surface area contributed by atoms with E-state index in [2.05, 4.69) is 35.1 Å². The Morgan fingerprint density at radius 2 is 1.47 bits per heavy atom. The van der Waals surface area contributed by atoms with Crippen LogP contribution in [0.5, 0.6) is 0 Å². The second kappa shape index (κ2) is 23.2. The van der Waals surface area contributed by atoms with Crippen LogP contribution >= 0.6 is 0 Å². The molecule has 0 bridgehead atoms. The number of benzene rings is 1. The highest BCUT2D eigenvalue weighted by Gasteiger charge is 2.33. The van der Waals surface area contributed by atoms with Crippen LogP contribution in [0.3, 0.4) is 0 Å². The number of unbranched alkanes of at least 4 members (excludes halogenated alkanes) is 1. The van der Waals surface area contributed by atoms with E-state index >= 15 is 0 Å². The van der Waals surface area contributed by atoms with E-state index < -0.39 is 46.8 Å². The highest BCUT2D eigenvalue weighted by Crippen LogP contribution is 2.23. The first-order valence-corrected chi connectivity index (χ1v) is 17.1. The van der Waals surface area contributed by atoms with E-state index in [1.807, 2.05) is 20.8 Å². The summed E-state index contributed by atoms with van der Waals surface area (Å²) < 4.78 is 11.0. The van der Waals surface area contributed by atoms with Gasteiger partial charge in [-0.2, -0.15) is 0 Å². The molecule has 6 amide bonds. The van der Waals surface area contributed by atoms with Crippen LogP contribution in [-0.2, 0) is 40.1 Å². The minimum atomic E-state index is -0.879. The summed E-state index contributed by atoms with van der Waals surface area (Å²) in [6.45, 7) is 19.3. The molecule has 49 heavy (non-hydrogen) atoms. The molecule has 0 aliphatic carbocycles. The van der Waals surface area contributed by atoms with E-state index in [1.54, 1.807) is 52.0 Å². The number of ether oxygens (including phenoxy) is 2. The summed E-state index contributed by atoms with van der Waals surface area (Å²) in [7, 11) is 0. The number of carbonyl (C=O) groups is 6. The van der Waals surface area contributed by atoms with Crippen LogP contribution in [0, 0.1) is 5.41 Å². The fraction of sp³-hybridized carbons (Fsp3) is 0.611. The Morgan fingerprint density at radius 1 is 0.898 bits per heavy atom. The number of imide groups is 1. The van der Waals surface area contributed by atoms with Gasteiger partial charge in [-0.3, -0.25) is 28.9 Å². The Kier molecular flexibility index (Phi) is 21.1. The number of carbonyl (C=O) groups excluding carboxylic acids is 6. The topological polar surface area (TPSA) is 172 Å². The molecule has 1 heterocycles. The molecule has 13 heteroatoms. The molecule has 1 aromatic rings. The Hall–Kier alpha value is -4.26. The number of amides is 6. The number of nitrogens with zero attached hydrogens (tertiary/aromatic N) is 1. The monoisotopic (exact) mass is 689 g/mol. The van der Waals surface area contributed by atoms with Gasteiger partial charge in [0, 0.05) is 36.4 Å². The van der Waals surface area contributed by atoms with Crippen LogP contribution in [0.25, 0.3) is 0 Å². The standard InChI is InChI=1S/C31H45N5O8.C3H8.C2H6/c1-7-8-16-32-29(42)43-19-22-9-11-23(12-10-22)35-27(40)21(2)34-24(37)18-33-28(41)30(3,4)15-17-44-31(5,6)20-36-25(38)13-14-26(36)39;1-3-2;1-2/h9-14,21H,7-8,15-20H2,1-6H3,(H,32,42)(H,33,41)(H,34,37)(H,35,40);3H2,1-2H3;1-2H3. The van der Waals surface area contributed by atoms with Crippen LogP contribution in [0.1, 0.15) is 100 Å². The summed E-state index contributed by atoms with van der Waals surface area (Å²) in [5.74, 6) is -2.14. The average Bonchev–Trinajstić information content (AvgIpc) is 3.36. The molecule has 0 spiro atoms. The minimum Gasteiger partial charge on any atom is -0.445 e. The zero-order valence-corrected chi connectivity index (χ0v) is 31.1. The molecule has 1 aromatic carbocycles. The predicted octanol–water partition coefficient (Wildman–Crippen LogP) is 4.85. The zero-order chi connectivity index (χ0) is 37.6. The van der Waals surface area contributed by atoms with Gasteiger partial charge in [0.25, 0.3) is 11.8 Å². The lowest BCUT2D eigenvalue weighted by Gasteiger charge is -2.31. The second-order valence-electron chi connectivity index (χ2n) is 12.6. The normalized spacial score (nSPS) is 12.9. The lowest BCUT2D eigenvalue weighted by Crippen LogP contribution is -2.48. The van der Waals surface area contributed by atoms with E-state index in [1.165, 1.54) is 25.5 Å². The lowest BCUT2D eigenvalue weighted by atomic mass is 9.88. The number of rotatable bonds is 17. The van der Waals surface area contributed by atoms with Gasteiger partial charge >= 0.3 is 6.09 Å². The number of alkyl carbamates (subject to hydrolysis) is 1. The van der Waals surface area contributed by atoms with Gasteiger partial charge in [0.2, 0.25) is 17.7 Å². The van der Waals surface area contributed by atoms with Gasteiger partial charge in [-0.15, -0.1) is 0 Å². The molecular formula is C36H59N5O8. The maximum atomic E-state index is 12.8. The van der Waals surface area contributed by atoms with Crippen molar-refractivity contribution < 1.29 is 38.2 Å². The van der Waals surface area contributed by atoms with Gasteiger partial charge in [-0.25, -0.2) is 4.79 Å². The van der Waals surface area contributed by atoms with Crippen LogP contribution in [0.15, 0.2) is 36.4 Å². The third-order valence-electron chi connectivity index (χ3n) is 6.85. The fourth-order valence-corrected chi connectivity index (χ4v) is 3.97. The van der Waals surface area contributed by atoms with Crippen molar-refractivity contribution in [2.45, 2.75) is 113 Å². The molecule has 2 rings (SSSR count). The maximum Gasteiger partial charge on any atom is 0.407 e. The summed E-state index contributed by atoms with van der Waals surface area (Å²) in [6.07, 6.45) is 5.35. The Morgan fingerprint density at radius 3 is 2.02 bits per heavy atom. The van der Waals surface area contributed by atoms with Gasteiger partial charge in [0.15, 0.2) is 0 Å². The molecular weight excluding hydrogens is 630 g/mol. The summed E-state index contributed by atoms with van der Waals surface area (Å²) in [4.78, 5) is 74.1. The van der Waals surface area contributed by atoms with E-state index in [4.69, 9.17) is 9.47 Å². The molecule has 276 valence electrons. The van der Waals surface area contributed by atoms with Crippen molar-refractivity contribution in [3.8, 4) is 0 Å². The van der Waals surface area contributed by atoms with Crippen molar-refractivity contribution in [1.82, 2.24) is 20.9 Å². The quantitative estimate of drug-likeness (QED) is 0.133. The summed E-state index contributed by atoms with van der Waals surface area (Å²) >= 11 is 0. The van der Waals surface area contributed by atoms with Gasteiger partial charge in [0.1, 0.15) is 12.6 Å². The molecule has 0 radical (unpaired) electrons. The molecule has 0 saturated heterocycles. The van der Waals surface area contributed by atoms with Crippen molar-refractivity contribution in [1.29, 1.82) is 0 Å². The molecule has 0 saturated carbocycles. The van der Waals surface area contributed by atoms with Gasteiger partial charge in [-0.1, -0.05) is 73.4 Å². The average molecular weight is 690 g/mol. The molecule has 1 aliphatic rings. The minimum absolute atomic E-state index is 0.0792. The highest BCUT2D eigenvalue weighted by molar-refractivity contribution is 6.12. The van der Waals surface area contributed by atoms with Gasteiger partial charge in [-0.05, 0) is 51.3 Å². The second-order valence-corrected chi connectivity index (χ2v) is 12.6. The highest BCUT2D eigenvalue weighted by atomic mass is 16.5. The summed E-state index contributed by atoms with van der Waals surface area (Å²) in [5.41, 5.74) is -0.446. The summed E-state index contributed by atoms with van der Waals surface area (Å²) in [6, 6.07) is 5.89. The Bertz CT molecular complexity index is 1230. The van der Waals surface area contributed by atoms with E-state index in [0.717, 1.165) is 23.3 Å². The molecule has 1 atom stereocenters. The number of hydrogen-bond donors (Lipinski definition) is 4.